The van der Waals surface area contributed by atoms with Crippen molar-refractivity contribution in [2.24, 2.45) is 54.1 Å². The molecule has 0 aliphatic rings. The van der Waals surface area contributed by atoms with Gasteiger partial charge < -0.3 is 194 Å². The summed E-state index contributed by atoms with van der Waals surface area (Å²) in [5, 5.41) is 118. The summed E-state index contributed by atoms with van der Waals surface area (Å²) >= 11 is 0. The molecule has 0 bridgehead atoms. The van der Waals surface area contributed by atoms with Crippen molar-refractivity contribution in [2.75, 3.05) is 132 Å². The molecule has 0 heterocycles. The van der Waals surface area contributed by atoms with E-state index in [0.717, 1.165) is 0 Å². The van der Waals surface area contributed by atoms with Crippen LogP contribution in [0, 0.1) is 54.1 Å². The third-order valence-electron chi connectivity index (χ3n) is 26.0. The fraction of sp³-hybridized carbons (Fsp3) is 0.895. The molecule has 0 N–H and O–H groups in total. The van der Waals surface area contributed by atoms with Gasteiger partial charge in [-0.2, -0.15) is 0 Å². The molecule has 0 fully saturated rings. The second kappa shape index (κ2) is 61.6. The van der Waals surface area contributed by atoms with Gasteiger partial charge in [-0.25, -0.2) is 0 Å². The predicted octanol–water partition coefficient (Wildman–Crippen LogP) is 2.33. The monoisotopic (exact) mass is 2310 g/mol. The zero-order chi connectivity index (χ0) is 108. The van der Waals surface area contributed by atoms with E-state index in [4.69, 9.17) is 94.7 Å². The molecule has 0 saturated carbocycles. The first-order valence-electron chi connectivity index (χ1n) is 46.6. The van der Waals surface area contributed by atoms with Crippen molar-refractivity contribution < 1.29 is 239 Å². The number of hydrogen-bond donors (Lipinski definition) is 0. The maximum Gasteiger partial charge on any atom is 5.00 e. The van der Waals surface area contributed by atoms with Gasteiger partial charge in [-0.15, -0.1) is 0 Å². The van der Waals surface area contributed by atoms with Gasteiger partial charge in [0.2, 0.25) is 28.9 Å². The minimum absolute atomic E-state index is 0. The zero-order valence-electron chi connectivity index (χ0n) is 89.9. The van der Waals surface area contributed by atoms with Gasteiger partial charge in [0, 0.05) is 189 Å². The summed E-state index contributed by atoms with van der Waals surface area (Å²) in [6.07, 6.45) is -1.79. The molecule has 42 heteroatoms. The minimum atomic E-state index is -2.41. The van der Waals surface area contributed by atoms with Gasteiger partial charge in [-0.05, 0) is 198 Å². The SMILES string of the molecule is CCOC(OCC)(C(=O)[O-])C(OCC)(OCC)C(C)(C)C(C)(C)CC(=O)[O-].CCOC(OCC)(C(=O)[O-])C(OCC)(OCC)C(C)(C)C(C)(C)CC(=O)[O-].CCOC(OCC)(C(=O)[O-])C(OCC)(OCC)C(C)(C)C(C)(C)CC(=O)[O-].CCOC(OCC)(C(=O)[O-])C(OCC)(OCC)C(C)(C)C(C)(C)CC(=O)[O-].CCOC(OCC)(C(=O)[O-])C(OCC)(OCC)C(C)(C)C(C)(C)CC(=O)[O-].[Ta+5].[Ta+5]. The summed E-state index contributed by atoms with van der Waals surface area (Å²) < 4.78 is 115. The average molecular weight is 2310 g/mol. The van der Waals surface area contributed by atoms with E-state index in [9.17, 15) is 99.0 Å². The van der Waals surface area contributed by atoms with Crippen molar-refractivity contribution in [1.82, 2.24) is 0 Å². The van der Waals surface area contributed by atoms with E-state index in [1.165, 1.54) is 0 Å². The molecule has 0 spiro atoms. The first-order chi connectivity index (χ1) is 61.8. The van der Waals surface area contributed by atoms with Crippen LogP contribution in [-0.4, -0.2) is 250 Å². The number of carbonyl (C=O) groups is 10. The van der Waals surface area contributed by atoms with Gasteiger partial charge in [0.15, 0.2) is 0 Å². The zero-order valence-corrected chi connectivity index (χ0v) is 96.3. The van der Waals surface area contributed by atoms with Crippen LogP contribution in [0.15, 0.2) is 0 Å². The summed E-state index contributed by atoms with van der Waals surface area (Å²) in [7, 11) is 0. The molecule has 0 rings (SSSR count). The molecule has 0 atom stereocenters. The Kier molecular flexibility index (Phi) is 65.4. The number of ether oxygens (including phenoxy) is 20. The first-order valence-corrected chi connectivity index (χ1v) is 46.6. The van der Waals surface area contributed by atoms with Crippen molar-refractivity contribution in [3.8, 4) is 0 Å². The van der Waals surface area contributed by atoms with Crippen LogP contribution in [0.2, 0.25) is 0 Å². The van der Waals surface area contributed by atoms with E-state index in [2.05, 4.69) is 0 Å². The molecule has 0 aliphatic carbocycles. The number of carbonyl (C=O) groups excluding carboxylic acids is 10. The Morgan fingerprint density at radius 3 is 0.277 bits per heavy atom. The van der Waals surface area contributed by atoms with E-state index in [0.29, 0.717) is 0 Å². The quantitative estimate of drug-likeness (QED) is 0.0788. The van der Waals surface area contributed by atoms with E-state index >= 15 is 0 Å². The van der Waals surface area contributed by atoms with Crippen LogP contribution in [0.1, 0.15) is 309 Å². The van der Waals surface area contributed by atoms with Crippen molar-refractivity contribution in [2.45, 2.75) is 367 Å². The van der Waals surface area contributed by atoms with Crippen LogP contribution in [0.4, 0.5) is 0 Å². The Morgan fingerprint density at radius 1 is 0.153 bits per heavy atom. The van der Waals surface area contributed by atoms with Gasteiger partial charge in [0.25, 0.3) is 28.9 Å². The third kappa shape index (κ3) is 31.2. The fourth-order valence-corrected chi connectivity index (χ4v) is 16.6. The van der Waals surface area contributed by atoms with Crippen LogP contribution in [0.3, 0.4) is 0 Å². The van der Waals surface area contributed by atoms with Crippen molar-refractivity contribution >= 4 is 59.7 Å². The Morgan fingerprint density at radius 2 is 0.226 bits per heavy atom. The number of aliphatic carboxylic acids is 10. The molecule has 137 heavy (non-hydrogen) atoms. The standard InChI is InChI=1S/5C19H36O8.2Ta/c5*1-9-24-18(15(22)23,25-10-2)19(26-11-3,27-12-4)17(7,8)16(5,6)13-14(20)21;;/h5*9-13H2,1-8H3,(H,20,21)(H,22,23);;/q;;;;;2*+5/p-10. The summed E-state index contributed by atoms with van der Waals surface area (Å²) in [6.45, 7) is 66.7. The molecule has 800 valence electrons. The summed E-state index contributed by atoms with van der Waals surface area (Å²) in [5.41, 5.74) is -11.2. The summed E-state index contributed by atoms with van der Waals surface area (Å²) in [6, 6.07) is 0. The maximum atomic E-state index is 12.3. The second-order valence-electron chi connectivity index (χ2n) is 36.6. The summed E-state index contributed by atoms with van der Waals surface area (Å²) in [5.74, 6) is -36.7. The topological polar surface area (TPSA) is 586 Å². The maximum absolute atomic E-state index is 12.3. The van der Waals surface area contributed by atoms with Crippen molar-refractivity contribution in [3.63, 3.8) is 0 Å². The molecule has 0 aromatic carbocycles. The number of carboxylic acids is 10. The van der Waals surface area contributed by atoms with Gasteiger partial charge in [0.05, 0.1) is 0 Å². The van der Waals surface area contributed by atoms with E-state index < -0.39 is 172 Å². The smallest absolute Gasteiger partial charge is 0.550 e. The second-order valence-corrected chi connectivity index (χ2v) is 36.6. The number of hydrogen-bond acceptors (Lipinski definition) is 40. The number of rotatable bonds is 70. The fourth-order valence-electron chi connectivity index (χ4n) is 16.6. The van der Waals surface area contributed by atoms with E-state index in [1.54, 1.807) is 277 Å². The first kappa shape index (κ1) is 145. The van der Waals surface area contributed by atoms with Crippen LogP contribution >= 0.6 is 0 Å². The normalized spacial score (nSPS) is 13.4. The molecule has 0 amide bonds. The van der Waals surface area contributed by atoms with Gasteiger partial charge in [0.1, 0.15) is 29.8 Å². The Balaban J connectivity index is -0.000000307. The van der Waals surface area contributed by atoms with Crippen LogP contribution in [0.5, 0.6) is 0 Å². The van der Waals surface area contributed by atoms with Crippen LogP contribution < -0.4 is 51.1 Å². The Labute approximate surface area is 846 Å². The van der Waals surface area contributed by atoms with Gasteiger partial charge >= 0.3 is 44.8 Å². The predicted molar refractivity (Wildman–Crippen MR) is 471 cm³/mol. The molecule has 0 aliphatic heterocycles. The van der Waals surface area contributed by atoms with Crippen LogP contribution in [0.25, 0.3) is 0 Å². The van der Waals surface area contributed by atoms with E-state index in [-0.39, 0.29) is 209 Å². The third-order valence-corrected chi connectivity index (χ3v) is 26.0. The number of carboxylic acid groups (broad SMARTS) is 10. The van der Waals surface area contributed by atoms with Crippen molar-refractivity contribution in [3.05, 3.63) is 0 Å². The van der Waals surface area contributed by atoms with Crippen LogP contribution in [-0.2, 0) is 187 Å². The summed E-state index contributed by atoms with van der Waals surface area (Å²) in [4.78, 5) is 118. The molecule has 0 aromatic heterocycles. The average Bonchev–Trinajstić information content (AvgIpc) is 0.731. The Bertz CT molecular complexity index is 2970. The van der Waals surface area contributed by atoms with E-state index in [1.807, 2.05) is 0 Å². The van der Waals surface area contributed by atoms with Gasteiger partial charge in [-0.1, -0.05) is 138 Å². The molecular weight excluding hydrogens is 2140 g/mol. The molecule has 0 saturated heterocycles. The molecule has 0 unspecified atom stereocenters. The minimum Gasteiger partial charge on any atom is -0.550 e. The van der Waals surface area contributed by atoms with Gasteiger partial charge in [-0.3, -0.25) is 0 Å². The van der Waals surface area contributed by atoms with Crippen molar-refractivity contribution in [1.29, 1.82) is 0 Å². The molecule has 0 radical (unpaired) electrons. The molecule has 40 nitrogen and oxygen atoms in total. The largest absolute Gasteiger partial charge is 5.00 e. The molecular formula is C95H170O40Ta2. The molecule has 0 aromatic rings. The Hall–Kier alpha value is -4.62.